The van der Waals surface area contributed by atoms with Gasteiger partial charge in [-0.1, -0.05) is 0 Å². The van der Waals surface area contributed by atoms with Gasteiger partial charge in [0.25, 0.3) is 0 Å². The van der Waals surface area contributed by atoms with Crippen LogP contribution < -0.4 is 10.1 Å². The van der Waals surface area contributed by atoms with E-state index in [2.05, 4.69) is 19.6 Å². The molecule has 0 bridgehead atoms. The highest BCUT2D eigenvalue weighted by atomic mass is 32.2. The van der Waals surface area contributed by atoms with Crippen LogP contribution in [-0.4, -0.2) is 63.9 Å². The Morgan fingerprint density at radius 2 is 1.97 bits per heavy atom. The van der Waals surface area contributed by atoms with Gasteiger partial charge in [0, 0.05) is 29.5 Å². The monoisotopic (exact) mass is 533 g/mol. The molecule has 36 heavy (non-hydrogen) atoms. The maximum Gasteiger partial charge on any atom is 0.211 e. The number of aryl methyl sites for hydroxylation is 1. The molecule has 0 amide bonds. The van der Waals surface area contributed by atoms with Crippen LogP contribution in [0.5, 0.6) is 5.75 Å². The van der Waals surface area contributed by atoms with Crippen molar-refractivity contribution in [3.05, 3.63) is 48.0 Å². The van der Waals surface area contributed by atoms with Crippen LogP contribution in [0.15, 0.2) is 41.0 Å². The second kappa shape index (κ2) is 9.56. The van der Waals surface area contributed by atoms with Gasteiger partial charge in [0.15, 0.2) is 0 Å². The fourth-order valence-electron chi connectivity index (χ4n) is 4.66. The van der Waals surface area contributed by atoms with E-state index < -0.39 is 31.7 Å². The molecule has 0 radical (unpaired) electrons. The summed E-state index contributed by atoms with van der Waals surface area (Å²) in [5.41, 5.74) is 2.64. The van der Waals surface area contributed by atoms with Crippen LogP contribution in [0.3, 0.4) is 0 Å². The zero-order valence-corrected chi connectivity index (χ0v) is 21.7. The Bertz CT molecular complexity index is 1540. The molecule has 192 valence electrons. The van der Waals surface area contributed by atoms with E-state index in [1.54, 1.807) is 12.1 Å². The first-order chi connectivity index (χ1) is 17.1. The highest BCUT2D eigenvalue weighted by Crippen LogP contribution is 2.35. The molecule has 2 aliphatic rings. The Kier molecular flexibility index (Phi) is 6.60. The van der Waals surface area contributed by atoms with Crippen molar-refractivity contribution < 1.29 is 21.8 Å². The Morgan fingerprint density at radius 1 is 1.19 bits per heavy atom. The predicted octanol–water partition coefficient (Wildman–Crippen LogP) is 4.13. The molecule has 2 fully saturated rings. The minimum Gasteiger partial charge on any atom is -0.487 e. The number of fused-ring (bicyclic) bond motifs is 1. The molecular weight excluding hydrogens is 505 g/mol. The van der Waals surface area contributed by atoms with Crippen molar-refractivity contribution in [3.63, 3.8) is 0 Å². The van der Waals surface area contributed by atoms with Crippen LogP contribution in [-0.2, 0) is 19.8 Å². The molecule has 12 heteroatoms. The van der Waals surface area contributed by atoms with Crippen LogP contribution in [0, 0.1) is 12.7 Å². The van der Waals surface area contributed by atoms with Crippen molar-refractivity contribution in [3.8, 4) is 5.75 Å². The Labute approximate surface area is 210 Å². The van der Waals surface area contributed by atoms with Gasteiger partial charge in [0.05, 0.1) is 39.4 Å². The van der Waals surface area contributed by atoms with Crippen LogP contribution in [0.25, 0.3) is 10.9 Å². The molecule has 3 heterocycles. The SMILES string of the molecule is Cc1cc(N=S2(=O)CCCC2)cc2ncnc(Nc3ccc(F)cc3OC3CCN(S(C)(=O)=O)C3)c12. The minimum absolute atomic E-state index is 0.208. The number of benzene rings is 2. The molecule has 0 aliphatic carbocycles. The van der Waals surface area contributed by atoms with E-state index in [0.29, 0.717) is 47.2 Å². The molecule has 1 N–H and O–H groups in total. The Balaban J connectivity index is 1.45. The van der Waals surface area contributed by atoms with Gasteiger partial charge < -0.3 is 10.1 Å². The summed E-state index contributed by atoms with van der Waals surface area (Å²) in [6.45, 7) is 2.48. The number of halogens is 1. The first-order valence-electron chi connectivity index (χ1n) is 11.8. The second-order valence-corrected chi connectivity index (χ2v) is 13.8. The fraction of sp³-hybridized carbons (Fsp3) is 0.417. The number of ether oxygens (including phenoxy) is 1. The molecule has 0 saturated carbocycles. The van der Waals surface area contributed by atoms with E-state index in [9.17, 15) is 17.0 Å². The third-order valence-electron chi connectivity index (χ3n) is 6.44. The molecular formula is C24H28FN5O4S2. The van der Waals surface area contributed by atoms with E-state index in [4.69, 9.17) is 4.74 Å². The van der Waals surface area contributed by atoms with Gasteiger partial charge in [0.2, 0.25) is 10.0 Å². The fourth-order valence-corrected chi connectivity index (χ4v) is 7.72. The minimum atomic E-state index is -3.32. The maximum absolute atomic E-state index is 14.1. The summed E-state index contributed by atoms with van der Waals surface area (Å²) in [6.07, 6.45) is 4.56. The predicted molar refractivity (Wildman–Crippen MR) is 139 cm³/mol. The quantitative estimate of drug-likeness (QED) is 0.507. The molecule has 1 aromatic heterocycles. The van der Waals surface area contributed by atoms with Gasteiger partial charge in [-0.2, -0.15) is 8.67 Å². The lowest BCUT2D eigenvalue weighted by Crippen LogP contribution is -2.30. The van der Waals surface area contributed by atoms with E-state index in [-0.39, 0.29) is 12.3 Å². The number of nitrogens with zero attached hydrogens (tertiary/aromatic N) is 4. The number of hydrogen-bond acceptors (Lipinski definition) is 8. The molecule has 0 spiro atoms. The second-order valence-electron chi connectivity index (χ2n) is 9.27. The van der Waals surface area contributed by atoms with Crippen LogP contribution in [0.2, 0.25) is 0 Å². The molecule has 9 nitrogen and oxygen atoms in total. The first-order valence-corrected chi connectivity index (χ1v) is 15.5. The number of anilines is 2. The van der Waals surface area contributed by atoms with E-state index in [1.807, 2.05) is 13.0 Å². The lowest BCUT2D eigenvalue weighted by atomic mass is 10.1. The van der Waals surface area contributed by atoms with Gasteiger partial charge in [0.1, 0.15) is 29.8 Å². The summed E-state index contributed by atoms with van der Waals surface area (Å²) in [5.74, 6) is 1.55. The summed E-state index contributed by atoms with van der Waals surface area (Å²) in [5, 5.41) is 4.00. The Hall–Kier alpha value is -2.83. The number of nitrogens with one attached hydrogen (secondary N) is 1. The molecule has 5 rings (SSSR count). The van der Waals surface area contributed by atoms with Gasteiger partial charge in [-0.25, -0.2) is 27.0 Å². The van der Waals surface area contributed by atoms with Crippen molar-refractivity contribution >= 4 is 47.8 Å². The zero-order chi connectivity index (χ0) is 25.5. The van der Waals surface area contributed by atoms with Crippen molar-refractivity contribution in [2.24, 2.45) is 4.36 Å². The van der Waals surface area contributed by atoms with Gasteiger partial charge in [-0.05, 0) is 56.0 Å². The van der Waals surface area contributed by atoms with Crippen LogP contribution >= 0.6 is 0 Å². The molecule has 2 aromatic carbocycles. The highest BCUT2D eigenvalue weighted by Gasteiger charge is 2.30. The molecule has 2 saturated heterocycles. The van der Waals surface area contributed by atoms with E-state index in [0.717, 1.165) is 30.0 Å². The maximum atomic E-state index is 14.1. The zero-order valence-electron chi connectivity index (χ0n) is 20.1. The normalized spacial score (nSPS) is 20.0. The standard InChI is InChI=1S/C24H28FN5O4S2/c1-16-11-18(29-36(33)9-3-4-10-36)13-21-23(16)24(27-15-26-21)28-20-6-5-17(25)12-22(20)34-19-7-8-30(14-19)35(2,31)32/h5-6,11-13,15,19H,3-4,7-10,14H2,1-2H3,(H,26,27,28). The Morgan fingerprint density at radius 3 is 2.69 bits per heavy atom. The number of sulfonamides is 1. The summed E-state index contributed by atoms with van der Waals surface area (Å²) in [6, 6.07) is 7.84. The van der Waals surface area contributed by atoms with E-state index >= 15 is 0 Å². The first kappa shape index (κ1) is 24.8. The largest absolute Gasteiger partial charge is 0.487 e. The summed E-state index contributed by atoms with van der Waals surface area (Å²) < 4.78 is 62.7. The van der Waals surface area contributed by atoms with Gasteiger partial charge in [-0.15, -0.1) is 0 Å². The van der Waals surface area contributed by atoms with E-state index in [1.165, 1.54) is 22.8 Å². The lowest BCUT2D eigenvalue weighted by Gasteiger charge is -2.19. The third-order valence-corrected chi connectivity index (χ3v) is 10.1. The average molecular weight is 534 g/mol. The van der Waals surface area contributed by atoms with Crippen molar-refractivity contribution in [2.75, 3.05) is 36.2 Å². The third kappa shape index (κ3) is 5.30. The molecule has 1 atom stereocenters. The topological polar surface area (TPSA) is 114 Å². The number of hydrogen-bond donors (Lipinski definition) is 1. The van der Waals surface area contributed by atoms with Crippen LogP contribution in [0.1, 0.15) is 24.8 Å². The van der Waals surface area contributed by atoms with Gasteiger partial charge >= 0.3 is 0 Å². The number of aromatic nitrogens is 2. The average Bonchev–Trinajstić information content (AvgIpc) is 3.44. The smallest absolute Gasteiger partial charge is 0.211 e. The van der Waals surface area contributed by atoms with Crippen molar-refractivity contribution in [1.82, 2.24) is 14.3 Å². The summed E-state index contributed by atoms with van der Waals surface area (Å²) in [7, 11) is -5.53. The highest BCUT2D eigenvalue weighted by molar-refractivity contribution is 7.93. The summed E-state index contributed by atoms with van der Waals surface area (Å²) >= 11 is 0. The van der Waals surface area contributed by atoms with Gasteiger partial charge in [-0.3, -0.25) is 0 Å². The van der Waals surface area contributed by atoms with Crippen molar-refractivity contribution in [1.29, 1.82) is 0 Å². The lowest BCUT2D eigenvalue weighted by molar-refractivity contribution is 0.216. The van der Waals surface area contributed by atoms with Crippen LogP contribution in [0.4, 0.5) is 21.6 Å². The molecule has 3 aromatic rings. The molecule has 1 unspecified atom stereocenters. The molecule has 2 aliphatic heterocycles. The van der Waals surface area contributed by atoms with Crippen molar-refractivity contribution in [2.45, 2.75) is 32.3 Å². The number of rotatable bonds is 6. The summed E-state index contributed by atoms with van der Waals surface area (Å²) in [4.78, 5) is 8.80.